The summed E-state index contributed by atoms with van der Waals surface area (Å²) >= 11 is 1.62. The first-order chi connectivity index (χ1) is 10.9. The van der Waals surface area contributed by atoms with Crippen LogP contribution in [0.25, 0.3) is 11.3 Å². The molecule has 1 aromatic heterocycles. The van der Waals surface area contributed by atoms with E-state index in [4.69, 9.17) is 0 Å². The van der Waals surface area contributed by atoms with Gasteiger partial charge in [0.2, 0.25) is 10.0 Å². The normalized spacial score (nSPS) is 20.6. The van der Waals surface area contributed by atoms with Gasteiger partial charge in [0.15, 0.2) is 5.13 Å². The summed E-state index contributed by atoms with van der Waals surface area (Å²) in [5.74, 6) is 0. The Hall–Kier alpha value is -1.60. The minimum absolute atomic E-state index is 0.0298. The number of fused-ring (bicyclic) bond motifs is 1. The number of hydrogen-bond donors (Lipinski definition) is 1. The standard InChI is InChI=1S/C16H19N3O2S2/c1-10-7-12-8-11(3-6-15(12)19(10)23(2,20)21)14-9-22-16(18-14)17-13-4-5-13/h3,6,8-10,13H,4-5,7H2,1-2H3,(H,17,18)/t10-/m1/s1. The van der Waals surface area contributed by atoms with Crippen molar-refractivity contribution in [1.82, 2.24) is 4.98 Å². The van der Waals surface area contributed by atoms with Crippen molar-refractivity contribution in [2.75, 3.05) is 15.9 Å². The van der Waals surface area contributed by atoms with E-state index in [2.05, 4.69) is 21.7 Å². The van der Waals surface area contributed by atoms with Gasteiger partial charge in [-0.15, -0.1) is 11.3 Å². The first kappa shape index (κ1) is 15.0. The van der Waals surface area contributed by atoms with Crippen molar-refractivity contribution in [3.8, 4) is 11.3 Å². The molecule has 2 aliphatic rings. The van der Waals surface area contributed by atoms with Crippen molar-refractivity contribution in [2.24, 2.45) is 0 Å². The third-order valence-electron chi connectivity index (χ3n) is 4.29. The molecule has 1 saturated carbocycles. The van der Waals surface area contributed by atoms with Gasteiger partial charge in [-0.05, 0) is 43.9 Å². The zero-order valence-electron chi connectivity index (χ0n) is 13.1. The molecule has 122 valence electrons. The molecule has 0 spiro atoms. The van der Waals surface area contributed by atoms with Crippen molar-refractivity contribution >= 4 is 32.2 Å². The predicted octanol–water partition coefficient (Wildman–Crippen LogP) is 3.10. The van der Waals surface area contributed by atoms with Crippen molar-refractivity contribution in [1.29, 1.82) is 0 Å². The maximum Gasteiger partial charge on any atom is 0.232 e. The fraction of sp³-hybridized carbons (Fsp3) is 0.438. The zero-order chi connectivity index (χ0) is 16.2. The van der Waals surface area contributed by atoms with E-state index in [1.165, 1.54) is 23.4 Å². The monoisotopic (exact) mass is 349 g/mol. The van der Waals surface area contributed by atoms with Gasteiger partial charge in [0.25, 0.3) is 0 Å². The maximum atomic E-state index is 12.0. The molecule has 2 aromatic rings. The largest absolute Gasteiger partial charge is 0.359 e. The highest BCUT2D eigenvalue weighted by Crippen LogP contribution is 2.37. The lowest BCUT2D eigenvalue weighted by Gasteiger charge is -2.21. The molecule has 1 aliphatic carbocycles. The van der Waals surface area contributed by atoms with E-state index in [9.17, 15) is 8.42 Å². The maximum absolute atomic E-state index is 12.0. The number of anilines is 2. The van der Waals surface area contributed by atoms with Gasteiger partial charge in [-0.2, -0.15) is 0 Å². The molecule has 1 atom stereocenters. The number of rotatable bonds is 4. The van der Waals surface area contributed by atoms with Gasteiger partial charge in [0.05, 0.1) is 17.6 Å². The average Bonchev–Trinajstić information content (AvgIpc) is 3.03. The van der Waals surface area contributed by atoms with E-state index in [0.717, 1.165) is 34.1 Å². The third kappa shape index (κ3) is 2.83. The molecule has 5 nitrogen and oxygen atoms in total. The second-order valence-corrected chi connectivity index (χ2v) is 9.13. The van der Waals surface area contributed by atoms with E-state index in [1.807, 2.05) is 19.1 Å². The minimum Gasteiger partial charge on any atom is -0.359 e. The topological polar surface area (TPSA) is 62.3 Å². The molecule has 4 rings (SSSR count). The molecule has 23 heavy (non-hydrogen) atoms. The Kier molecular flexibility index (Phi) is 3.39. The van der Waals surface area contributed by atoms with E-state index in [-0.39, 0.29) is 6.04 Å². The number of hydrogen-bond acceptors (Lipinski definition) is 5. The first-order valence-electron chi connectivity index (χ1n) is 7.76. The Morgan fingerprint density at radius 3 is 2.83 bits per heavy atom. The summed E-state index contributed by atoms with van der Waals surface area (Å²) in [4.78, 5) is 4.65. The molecule has 1 fully saturated rings. The van der Waals surface area contributed by atoms with Gasteiger partial charge in [-0.25, -0.2) is 13.4 Å². The van der Waals surface area contributed by atoms with Gasteiger partial charge in [-0.1, -0.05) is 6.07 Å². The number of sulfonamides is 1. The Morgan fingerprint density at radius 2 is 2.13 bits per heavy atom. The highest BCUT2D eigenvalue weighted by atomic mass is 32.2. The highest BCUT2D eigenvalue weighted by molar-refractivity contribution is 7.92. The summed E-state index contributed by atoms with van der Waals surface area (Å²) in [6.07, 6.45) is 4.47. The van der Waals surface area contributed by atoms with Crippen molar-refractivity contribution in [3.05, 3.63) is 29.1 Å². The molecule has 0 amide bonds. The smallest absolute Gasteiger partial charge is 0.232 e. The molecule has 2 heterocycles. The Balaban J connectivity index is 1.65. The number of aromatic nitrogens is 1. The van der Waals surface area contributed by atoms with Gasteiger partial charge < -0.3 is 5.32 Å². The quantitative estimate of drug-likeness (QED) is 0.921. The van der Waals surface area contributed by atoms with Gasteiger partial charge in [0.1, 0.15) is 0 Å². The van der Waals surface area contributed by atoms with Crippen molar-refractivity contribution in [2.45, 2.75) is 38.3 Å². The van der Waals surface area contributed by atoms with Gasteiger partial charge in [-0.3, -0.25) is 4.31 Å². The van der Waals surface area contributed by atoms with Crippen LogP contribution in [-0.4, -0.2) is 31.7 Å². The summed E-state index contributed by atoms with van der Waals surface area (Å²) in [6, 6.07) is 6.51. The van der Waals surface area contributed by atoms with Crippen LogP contribution < -0.4 is 9.62 Å². The van der Waals surface area contributed by atoms with Gasteiger partial charge in [0, 0.05) is 23.0 Å². The molecular formula is C16H19N3O2S2. The molecule has 1 aliphatic heterocycles. The highest BCUT2D eigenvalue weighted by Gasteiger charge is 2.32. The molecule has 0 unspecified atom stereocenters. The number of benzene rings is 1. The third-order valence-corrected chi connectivity index (χ3v) is 6.34. The second kappa shape index (κ2) is 5.21. The summed E-state index contributed by atoms with van der Waals surface area (Å²) in [5.41, 5.74) is 3.87. The lowest BCUT2D eigenvalue weighted by Crippen LogP contribution is -2.34. The Labute approximate surface area is 140 Å². The Bertz CT molecular complexity index is 856. The van der Waals surface area contributed by atoms with Crippen LogP contribution in [0.15, 0.2) is 23.6 Å². The second-order valence-electron chi connectivity index (χ2n) is 6.41. The van der Waals surface area contributed by atoms with Crippen LogP contribution in [0, 0.1) is 0 Å². The molecule has 0 radical (unpaired) electrons. The molecule has 7 heteroatoms. The van der Waals surface area contributed by atoms with Crippen LogP contribution in [-0.2, 0) is 16.4 Å². The summed E-state index contributed by atoms with van der Waals surface area (Å²) < 4.78 is 25.5. The fourth-order valence-corrected chi connectivity index (χ4v) is 5.20. The number of nitrogens with zero attached hydrogens (tertiary/aromatic N) is 2. The number of nitrogens with one attached hydrogen (secondary N) is 1. The van der Waals surface area contributed by atoms with Crippen LogP contribution in [0.5, 0.6) is 0 Å². The summed E-state index contributed by atoms with van der Waals surface area (Å²) in [5, 5.41) is 6.43. The van der Waals surface area contributed by atoms with Crippen molar-refractivity contribution in [3.63, 3.8) is 0 Å². The molecular weight excluding hydrogens is 330 g/mol. The molecule has 1 aromatic carbocycles. The van der Waals surface area contributed by atoms with Crippen molar-refractivity contribution < 1.29 is 8.42 Å². The van der Waals surface area contributed by atoms with Crippen LogP contribution in [0.1, 0.15) is 25.3 Å². The SMILES string of the molecule is C[C@@H]1Cc2cc(-c3csc(NC4CC4)n3)ccc2N1S(C)(=O)=O. The van der Waals surface area contributed by atoms with Crippen LogP contribution in [0.4, 0.5) is 10.8 Å². The first-order valence-corrected chi connectivity index (χ1v) is 10.5. The van der Waals surface area contributed by atoms with Crippen LogP contribution in [0.3, 0.4) is 0 Å². The lowest BCUT2D eigenvalue weighted by molar-refractivity contribution is 0.590. The number of thiazole rings is 1. The molecule has 1 N–H and O–H groups in total. The predicted molar refractivity (Wildman–Crippen MR) is 94.7 cm³/mol. The van der Waals surface area contributed by atoms with E-state index in [0.29, 0.717) is 6.04 Å². The van der Waals surface area contributed by atoms with Crippen LogP contribution in [0.2, 0.25) is 0 Å². The van der Waals surface area contributed by atoms with Gasteiger partial charge >= 0.3 is 0 Å². The van der Waals surface area contributed by atoms with E-state index in [1.54, 1.807) is 11.3 Å². The average molecular weight is 349 g/mol. The molecule has 0 bridgehead atoms. The fourth-order valence-electron chi connectivity index (χ4n) is 3.14. The summed E-state index contributed by atoms with van der Waals surface area (Å²) in [6.45, 7) is 1.95. The van der Waals surface area contributed by atoms with E-state index >= 15 is 0 Å². The lowest BCUT2D eigenvalue weighted by atomic mass is 10.1. The minimum atomic E-state index is -3.24. The van der Waals surface area contributed by atoms with E-state index < -0.39 is 10.0 Å². The Morgan fingerprint density at radius 1 is 1.35 bits per heavy atom. The summed E-state index contributed by atoms with van der Waals surface area (Å²) in [7, 11) is -3.24. The van der Waals surface area contributed by atoms with Crippen LogP contribution >= 0.6 is 11.3 Å². The zero-order valence-corrected chi connectivity index (χ0v) is 14.7. The molecule has 0 saturated heterocycles.